The van der Waals surface area contributed by atoms with Crippen LogP contribution in [0.4, 0.5) is 4.39 Å². The monoisotopic (exact) mass is 448 g/mol. The van der Waals surface area contributed by atoms with Crippen molar-refractivity contribution >= 4 is 16.9 Å². The average Bonchev–Trinajstić information content (AvgIpc) is 2.80. The van der Waals surface area contributed by atoms with Crippen LogP contribution in [0.15, 0.2) is 63.8 Å². The maximum atomic E-state index is 13.5. The van der Waals surface area contributed by atoms with E-state index >= 15 is 0 Å². The Hall–Kier alpha value is -4.13. The fourth-order valence-electron chi connectivity index (χ4n) is 3.67. The number of rotatable bonds is 5. The fourth-order valence-corrected chi connectivity index (χ4v) is 3.67. The van der Waals surface area contributed by atoms with Gasteiger partial charge in [-0.05, 0) is 73.5 Å². The normalized spacial score (nSPS) is 10.8. The van der Waals surface area contributed by atoms with Gasteiger partial charge in [0.25, 0.3) is 0 Å². The van der Waals surface area contributed by atoms with Gasteiger partial charge in [-0.1, -0.05) is 6.07 Å². The van der Waals surface area contributed by atoms with Crippen molar-refractivity contribution in [3.63, 3.8) is 0 Å². The number of esters is 1. The number of ether oxygens (including phenoxy) is 3. The molecule has 0 radical (unpaired) electrons. The molecule has 1 aromatic heterocycles. The Bertz CT molecular complexity index is 1420. The van der Waals surface area contributed by atoms with Gasteiger partial charge in [-0.3, -0.25) is 4.79 Å². The number of halogens is 1. The standard InChI is InChI=1S/C26H21FO6/c1-14-11-15(2)22-21(12-14)32-24(17-7-10-19(30-3)20(13-17)31-4)25(23(22)28)33-26(29)16-5-8-18(27)9-6-16/h5-13H,1-4H3. The second-order valence-corrected chi connectivity index (χ2v) is 7.51. The van der Waals surface area contributed by atoms with E-state index in [1.165, 1.54) is 26.4 Å². The van der Waals surface area contributed by atoms with Crippen molar-refractivity contribution in [3.8, 4) is 28.6 Å². The summed E-state index contributed by atoms with van der Waals surface area (Å²) in [5, 5.41) is 0.312. The zero-order valence-corrected chi connectivity index (χ0v) is 18.5. The first kappa shape index (κ1) is 22.1. The van der Waals surface area contributed by atoms with Crippen molar-refractivity contribution in [3.05, 3.63) is 87.3 Å². The van der Waals surface area contributed by atoms with Gasteiger partial charge < -0.3 is 18.6 Å². The smallest absolute Gasteiger partial charge is 0.343 e. The molecule has 0 N–H and O–H groups in total. The first-order valence-electron chi connectivity index (χ1n) is 10.1. The highest BCUT2D eigenvalue weighted by atomic mass is 19.1. The van der Waals surface area contributed by atoms with Gasteiger partial charge in [0.1, 0.15) is 11.4 Å². The predicted molar refractivity (Wildman–Crippen MR) is 122 cm³/mol. The Morgan fingerprint density at radius 2 is 1.61 bits per heavy atom. The van der Waals surface area contributed by atoms with Crippen LogP contribution in [0.3, 0.4) is 0 Å². The fraction of sp³-hybridized carbons (Fsp3) is 0.154. The van der Waals surface area contributed by atoms with Crippen molar-refractivity contribution in [2.45, 2.75) is 13.8 Å². The van der Waals surface area contributed by atoms with Gasteiger partial charge in [0, 0.05) is 5.56 Å². The van der Waals surface area contributed by atoms with Crippen molar-refractivity contribution in [1.82, 2.24) is 0 Å². The summed E-state index contributed by atoms with van der Waals surface area (Å²) >= 11 is 0. The third-order valence-electron chi connectivity index (χ3n) is 5.22. The van der Waals surface area contributed by atoms with E-state index in [0.29, 0.717) is 33.6 Å². The highest BCUT2D eigenvalue weighted by molar-refractivity contribution is 5.93. The number of hydrogen-bond acceptors (Lipinski definition) is 6. The molecule has 168 valence electrons. The molecule has 4 rings (SSSR count). The number of aryl methyl sites for hydroxylation is 2. The molecule has 0 aliphatic heterocycles. The lowest BCUT2D eigenvalue weighted by Gasteiger charge is -2.14. The lowest BCUT2D eigenvalue weighted by molar-refractivity contribution is 0.0731. The molecular formula is C26H21FO6. The molecule has 0 saturated carbocycles. The molecule has 0 spiro atoms. The summed E-state index contributed by atoms with van der Waals surface area (Å²) in [6.07, 6.45) is 0. The molecule has 3 aromatic carbocycles. The summed E-state index contributed by atoms with van der Waals surface area (Å²) in [7, 11) is 3.00. The van der Waals surface area contributed by atoms with Crippen LogP contribution in [0.1, 0.15) is 21.5 Å². The van der Waals surface area contributed by atoms with E-state index in [1.54, 1.807) is 31.2 Å². The van der Waals surface area contributed by atoms with Crippen molar-refractivity contribution < 1.29 is 27.8 Å². The summed E-state index contributed by atoms with van der Waals surface area (Å²) in [6, 6.07) is 13.4. The minimum Gasteiger partial charge on any atom is -0.493 e. The van der Waals surface area contributed by atoms with Gasteiger partial charge in [0.2, 0.25) is 11.2 Å². The second kappa shape index (κ2) is 8.78. The summed E-state index contributed by atoms with van der Waals surface area (Å²) in [5.41, 5.74) is 2.02. The van der Waals surface area contributed by atoms with Crippen molar-refractivity contribution in [2.75, 3.05) is 14.2 Å². The summed E-state index contributed by atoms with van der Waals surface area (Å²) < 4.78 is 35.6. The molecule has 0 saturated heterocycles. The van der Waals surface area contributed by atoms with Crippen LogP contribution in [0.2, 0.25) is 0 Å². The van der Waals surface area contributed by atoms with Crippen molar-refractivity contribution in [1.29, 1.82) is 0 Å². The predicted octanol–water partition coefficient (Wildman–Crippen LogP) is 5.45. The van der Waals surface area contributed by atoms with E-state index in [9.17, 15) is 14.0 Å². The highest BCUT2D eigenvalue weighted by Crippen LogP contribution is 2.37. The van der Waals surface area contributed by atoms with Gasteiger partial charge in [-0.15, -0.1) is 0 Å². The number of benzene rings is 3. The van der Waals surface area contributed by atoms with Crippen LogP contribution >= 0.6 is 0 Å². The molecule has 1 heterocycles. The van der Waals surface area contributed by atoms with Gasteiger partial charge >= 0.3 is 5.97 Å². The molecular weight excluding hydrogens is 427 g/mol. The summed E-state index contributed by atoms with van der Waals surface area (Å²) in [6.45, 7) is 3.68. The van der Waals surface area contributed by atoms with Crippen molar-refractivity contribution in [2.24, 2.45) is 0 Å². The molecule has 6 nitrogen and oxygen atoms in total. The number of methoxy groups -OCH3 is 2. The van der Waals surface area contributed by atoms with E-state index in [4.69, 9.17) is 18.6 Å². The largest absolute Gasteiger partial charge is 0.493 e. The van der Waals surface area contributed by atoms with Gasteiger partial charge in [0.05, 0.1) is 25.2 Å². The topological polar surface area (TPSA) is 75.0 Å². The molecule has 33 heavy (non-hydrogen) atoms. The Labute approximate surface area is 189 Å². The molecule has 0 bridgehead atoms. The Morgan fingerprint density at radius 3 is 2.27 bits per heavy atom. The van der Waals surface area contributed by atoms with E-state index < -0.39 is 17.2 Å². The van der Waals surface area contributed by atoms with Gasteiger partial charge in [-0.25, -0.2) is 9.18 Å². The van der Waals surface area contributed by atoms with Crippen LogP contribution in [-0.2, 0) is 0 Å². The van der Waals surface area contributed by atoms with Crippen LogP contribution < -0.4 is 19.6 Å². The summed E-state index contributed by atoms with van der Waals surface area (Å²) in [5.74, 6) is -0.609. The lowest BCUT2D eigenvalue weighted by atomic mass is 10.0. The molecule has 0 aliphatic rings. The van der Waals surface area contributed by atoms with E-state index in [0.717, 1.165) is 17.7 Å². The van der Waals surface area contributed by atoms with Crippen LogP contribution in [0.5, 0.6) is 17.2 Å². The van der Waals surface area contributed by atoms with Gasteiger partial charge in [0.15, 0.2) is 17.3 Å². The first-order chi connectivity index (χ1) is 15.8. The zero-order valence-electron chi connectivity index (χ0n) is 18.5. The molecule has 0 fully saturated rings. The third-order valence-corrected chi connectivity index (χ3v) is 5.22. The molecule has 0 atom stereocenters. The highest BCUT2D eigenvalue weighted by Gasteiger charge is 2.23. The number of fused-ring (bicyclic) bond motifs is 1. The minimum absolute atomic E-state index is 0.0638. The lowest BCUT2D eigenvalue weighted by Crippen LogP contribution is -2.17. The first-order valence-corrected chi connectivity index (χ1v) is 10.1. The van der Waals surface area contributed by atoms with Gasteiger partial charge in [-0.2, -0.15) is 0 Å². The number of carbonyl (C=O) groups is 1. The third kappa shape index (κ3) is 4.17. The summed E-state index contributed by atoms with van der Waals surface area (Å²) in [4.78, 5) is 26.3. The molecule has 7 heteroatoms. The number of hydrogen-bond donors (Lipinski definition) is 0. The molecule has 0 amide bonds. The van der Waals surface area contributed by atoms with Crippen LogP contribution in [-0.4, -0.2) is 20.2 Å². The zero-order chi connectivity index (χ0) is 23.7. The molecule has 0 aliphatic carbocycles. The van der Waals surface area contributed by atoms with Crippen LogP contribution in [0.25, 0.3) is 22.3 Å². The Balaban J connectivity index is 1.95. The number of carbonyl (C=O) groups excluding carboxylic acids is 1. The second-order valence-electron chi connectivity index (χ2n) is 7.51. The van der Waals surface area contributed by atoms with Crippen LogP contribution in [0, 0.1) is 19.7 Å². The van der Waals surface area contributed by atoms with E-state index in [1.807, 2.05) is 13.0 Å². The quantitative estimate of drug-likeness (QED) is 0.378. The maximum Gasteiger partial charge on any atom is 0.343 e. The molecule has 4 aromatic rings. The SMILES string of the molecule is COc1ccc(-c2oc3cc(C)cc(C)c3c(=O)c2OC(=O)c2ccc(F)cc2)cc1OC. The Kier molecular flexibility index (Phi) is 5.87. The minimum atomic E-state index is -0.812. The molecule has 0 unspecified atom stereocenters. The average molecular weight is 448 g/mol. The maximum absolute atomic E-state index is 13.5. The van der Waals surface area contributed by atoms with E-state index in [2.05, 4.69) is 0 Å². The Morgan fingerprint density at radius 1 is 0.909 bits per heavy atom. The van der Waals surface area contributed by atoms with E-state index in [-0.39, 0.29) is 17.1 Å².